The zero-order valence-electron chi connectivity index (χ0n) is 16.9. The average Bonchev–Trinajstić information content (AvgIpc) is 3.18. The first kappa shape index (κ1) is 22.0. The predicted molar refractivity (Wildman–Crippen MR) is 126 cm³/mol. The van der Waals surface area contributed by atoms with Crippen LogP contribution in [0.5, 0.6) is 0 Å². The van der Waals surface area contributed by atoms with Crippen LogP contribution in [0.15, 0.2) is 59.3 Å². The third kappa shape index (κ3) is 4.25. The number of amides is 3. The number of aryl methyl sites for hydroxylation is 2. The Hall–Kier alpha value is -3.20. The van der Waals surface area contributed by atoms with Crippen molar-refractivity contribution in [1.29, 1.82) is 0 Å². The number of thiazole rings is 1. The molecule has 162 valence electrons. The second kappa shape index (κ2) is 8.74. The number of nitrogens with zero attached hydrogens (tertiary/aromatic N) is 2. The van der Waals surface area contributed by atoms with Gasteiger partial charge in [0, 0.05) is 21.2 Å². The molecule has 2 aromatic carbocycles. The molecule has 1 aromatic heterocycles. The van der Waals surface area contributed by atoms with Crippen LogP contribution in [-0.2, 0) is 9.59 Å². The molecule has 10 heteroatoms. The SMILES string of the molecule is Cc1nc(NC(=O)c2cccc(NC3=C(Cl)C(=O)N(c4cccc(Cl)c4)C3=O)c2)sc1C. The number of anilines is 3. The number of rotatable bonds is 5. The van der Waals surface area contributed by atoms with Crippen LogP contribution >= 0.6 is 34.5 Å². The van der Waals surface area contributed by atoms with Crippen molar-refractivity contribution in [3.8, 4) is 0 Å². The minimum Gasteiger partial charge on any atom is -0.350 e. The largest absolute Gasteiger partial charge is 0.350 e. The van der Waals surface area contributed by atoms with Crippen LogP contribution in [-0.4, -0.2) is 22.7 Å². The highest BCUT2D eigenvalue weighted by Gasteiger charge is 2.39. The Morgan fingerprint density at radius 1 is 1.03 bits per heavy atom. The summed E-state index contributed by atoms with van der Waals surface area (Å²) in [5.41, 5.74) is 1.85. The molecule has 0 unspecified atom stereocenters. The highest BCUT2D eigenvalue weighted by atomic mass is 35.5. The smallest absolute Gasteiger partial charge is 0.283 e. The quantitative estimate of drug-likeness (QED) is 0.489. The molecule has 0 spiro atoms. The Morgan fingerprint density at radius 2 is 1.78 bits per heavy atom. The first-order chi connectivity index (χ1) is 15.2. The fraction of sp³-hybridized carbons (Fsp3) is 0.0909. The topological polar surface area (TPSA) is 91.4 Å². The summed E-state index contributed by atoms with van der Waals surface area (Å²) in [6.45, 7) is 3.80. The lowest BCUT2D eigenvalue weighted by Gasteiger charge is -2.15. The fourth-order valence-corrected chi connectivity index (χ4v) is 4.25. The third-order valence-corrected chi connectivity index (χ3v) is 6.31. The first-order valence-corrected chi connectivity index (χ1v) is 11.0. The van der Waals surface area contributed by atoms with Gasteiger partial charge in [0.05, 0.1) is 11.4 Å². The van der Waals surface area contributed by atoms with E-state index in [1.165, 1.54) is 17.4 Å². The van der Waals surface area contributed by atoms with Crippen molar-refractivity contribution in [3.63, 3.8) is 0 Å². The molecular weight excluding hydrogens is 471 g/mol. The maximum absolute atomic E-state index is 12.9. The number of hydrogen-bond acceptors (Lipinski definition) is 6. The van der Waals surface area contributed by atoms with Crippen LogP contribution < -0.4 is 15.5 Å². The van der Waals surface area contributed by atoms with E-state index in [1.807, 2.05) is 13.8 Å². The number of halogens is 2. The fourth-order valence-electron chi connectivity index (χ4n) is 3.04. The number of carbonyl (C=O) groups is 3. The molecule has 2 N–H and O–H groups in total. The number of imide groups is 1. The lowest BCUT2D eigenvalue weighted by molar-refractivity contribution is -0.120. The van der Waals surface area contributed by atoms with Gasteiger partial charge in [-0.25, -0.2) is 9.88 Å². The summed E-state index contributed by atoms with van der Waals surface area (Å²) in [6, 6.07) is 12.8. The summed E-state index contributed by atoms with van der Waals surface area (Å²) in [5.74, 6) is -1.63. The summed E-state index contributed by atoms with van der Waals surface area (Å²) in [5, 5.41) is 6.26. The average molecular weight is 487 g/mol. The van der Waals surface area contributed by atoms with Gasteiger partial charge in [0.2, 0.25) is 0 Å². The number of aromatic nitrogens is 1. The molecular formula is C22H16Cl2N4O3S. The summed E-state index contributed by atoms with van der Waals surface area (Å²) in [7, 11) is 0. The summed E-state index contributed by atoms with van der Waals surface area (Å²) in [6.07, 6.45) is 0. The highest BCUT2D eigenvalue weighted by molar-refractivity contribution is 7.15. The van der Waals surface area contributed by atoms with Gasteiger partial charge < -0.3 is 5.32 Å². The van der Waals surface area contributed by atoms with E-state index in [9.17, 15) is 14.4 Å². The molecule has 0 fully saturated rings. The van der Waals surface area contributed by atoms with Crippen LogP contribution in [0.1, 0.15) is 20.9 Å². The van der Waals surface area contributed by atoms with Crippen LogP contribution in [0, 0.1) is 13.8 Å². The van der Waals surface area contributed by atoms with Crippen LogP contribution in [0.4, 0.5) is 16.5 Å². The summed E-state index contributed by atoms with van der Waals surface area (Å²) >= 11 is 13.5. The van der Waals surface area contributed by atoms with Crippen molar-refractivity contribution in [2.24, 2.45) is 0 Å². The molecule has 0 atom stereocenters. The molecule has 1 aliphatic rings. The van der Waals surface area contributed by atoms with E-state index in [0.717, 1.165) is 15.5 Å². The number of hydrogen-bond donors (Lipinski definition) is 2. The molecule has 3 aromatic rings. The van der Waals surface area contributed by atoms with Crippen molar-refractivity contribution in [2.75, 3.05) is 15.5 Å². The molecule has 4 rings (SSSR count). The normalized spacial score (nSPS) is 13.7. The van der Waals surface area contributed by atoms with E-state index in [-0.39, 0.29) is 16.6 Å². The van der Waals surface area contributed by atoms with Crippen molar-refractivity contribution in [1.82, 2.24) is 4.98 Å². The first-order valence-electron chi connectivity index (χ1n) is 9.41. The molecule has 3 amide bonds. The van der Waals surface area contributed by atoms with Crippen molar-refractivity contribution < 1.29 is 14.4 Å². The molecule has 0 aliphatic carbocycles. The van der Waals surface area contributed by atoms with Gasteiger partial charge in [-0.1, -0.05) is 35.3 Å². The van der Waals surface area contributed by atoms with Gasteiger partial charge in [-0.15, -0.1) is 11.3 Å². The van der Waals surface area contributed by atoms with Crippen LogP contribution in [0.25, 0.3) is 0 Å². The van der Waals surface area contributed by atoms with Crippen LogP contribution in [0.2, 0.25) is 5.02 Å². The van der Waals surface area contributed by atoms with Gasteiger partial charge in [0.1, 0.15) is 10.7 Å². The van der Waals surface area contributed by atoms with E-state index >= 15 is 0 Å². The Balaban J connectivity index is 1.54. The Morgan fingerprint density at radius 3 is 2.47 bits per heavy atom. The minimum absolute atomic E-state index is 0.0830. The second-order valence-electron chi connectivity index (χ2n) is 6.94. The zero-order valence-corrected chi connectivity index (χ0v) is 19.2. The molecule has 0 radical (unpaired) electrons. The Bertz CT molecular complexity index is 1280. The zero-order chi connectivity index (χ0) is 23.0. The van der Waals surface area contributed by atoms with Gasteiger partial charge in [0.25, 0.3) is 17.7 Å². The third-order valence-electron chi connectivity index (χ3n) is 4.74. The van der Waals surface area contributed by atoms with Gasteiger partial charge in [0.15, 0.2) is 5.13 Å². The van der Waals surface area contributed by atoms with E-state index in [4.69, 9.17) is 23.2 Å². The summed E-state index contributed by atoms with van der Waals surface area (Å²) < 4.78 is 0. The lowest BCUT2D eigenvalue weighted by Crippen LogP contribution is -2.32. The maximum Gasteiger partial charge on any atom is 0.283 e. The van der Waals surface area contributed by atoms with E-state index in [2.05, 4.69) is 15.6 Å². The van der Waals surface area contributed by atoms with Crippen molar-refractivity contribution in [2.45, 2.75) is 13.8 Å². The Kier molecular flexibility index (Phi) is 6.01. The maximum atomic E-state index is 12.9. The monoisotopic (exact) mass is 486 g/mol. The molecule has 0 saturated carbocycles. The number of nitrogens with one attached hydrogen (secondary N) is 2. The number of carbonyl (C=O) groups excluding carboxylic acids is 3. The van der Waals surface area contributed by atoms with E-state index < -0.39 is 11.8 Å². The van der Waals surface area contributed by atoms with E-state index in [0.29, 0.717) is 27.1 Å². The molecule has 0 bridgehead atoms. The summed E-state index contributed by atoms with van der Waals surface area (Å²) in [4.78, 5) is 44.4. The molecule has 0 saturated heterocycles. The van der Waals surface area contributed by atoms with Gasteiger partial charge in [-0.2, -0.15) is 0 Å². The minimum atomic E-state index is -0.662. The highest BCUT2D eigenvalue weighted by Crippen LogP contribution is 2.31. The molecule has 2 heterocycles. The molecule has 32 heavy (non-hydrogen) atoms. The Labute approximate surface area is 197 Å². The van der Waals surface area contributed by atoms with Crippen molar-refractivity contribution >= 4 is 68.8 Å². The van der Waals surface area contributed by atoms with Gasteiger partial charge in [-0.05, 0) is 50.2 Å². The molecule has 7 nitrogen and oxygen atoms in total. The standard InChI is InChI=1S/C22H16Cl2N4O3S/c1-11-12(2)32-22(25-11)27-19(29)13-5-3-7-15(9-13)26-18-17(24)20(30)28(21(18)31)16-8-4-6-14(23)10-16/h3-10,26H,1-2H3,(H,25,27,29). The molecule has 1 aliphatic heterocycles. The van der Waals surface area contributed by atoms with Gasteiger partial charge in [-0.3, -0.25) is 19.7 Å². The van der Waals surface area contributed by atoms with Crippen LogP contribution in [0.3, 0.4) is 0 Å². The van der Waals surface area contributed by atoms with Crippen molar-refractivity contribution in [3.05, 3.63) is 80.4 Å². The predicted octanol–water partition coefficient (Wildman–Crippen LogP) is 5.10. The lowest BCUT2D eigenvalue weighted by atomic mass is 10.2. The number of benzene rings is 2. The second-order valence-corrected chi connectivity index (χ2v) is 8.95. The van der Waals surface area contributed by atoms with Gasteiger partial charge >= 0.3 is 0 Å². The van der Waals surface area contributed by atoms with E-state index in [1.54, 1.807) is 42.5 Å².